The SMILES string of the molecule is O=S(=O)(O)OCC(CO)(COS(=O)(=O)O)COS(=O)(=O)O. The van der Waals surface area contributed by atoms with Crippen LogP contribution in [0.5, 0.6) is 0 Å². The molecule has 128 valence electrons. The van der Waals surface area contributed by atoms with Crippen LogP contribution < -0.4 is 0 Å². The Kier molecular flexibility index (Phi) is 7.07. The van der Waals surface area contributed by atoms with E-state index in [2.05, 4.69) is 12.5 Å². The molecule has 0 atom stereocenters. The summed E-state index contributed by atoms with van der Waals surface area (Å²) in [5.41, 5.74) is -2.17. The Labute approximate surface area is 120 Å². The zero-order valence-corrected chi connectivity index (χ0v) is 12.5. The molecule has 0 bridgehead atoms. The zero-order chi connectivity index (χ0) is 16.9. The van der Waals surface area contributed by atoms with Crippen molar-refractivity contribution in [3.8, 4) is 0 Å². The molecule has 0 saturated carbocycles. The Morgan fingerprint density at radius 3 is 1.05 bits per heavy atom. The Morgan fingerprint density at radius 1 is 0.667 bits per heavy atom. The van der Waals surface area contributed by atoms with Gasteiger partial charge in [0.05, 0.1) is 31.8 Å². The van der Waals surface area contributed by atoms with Crippen molar-refractivity contribution in [2.45, 2.75) is 0 Å². The lowest BCUT2D eigenvalue weighted by Crippen LogP contribution is -2.42. The first kappa shape index (κ1) is 20.6. The number of rotatable bonds is 10. The lowest BCUT2D eigenvalue weighted by atomic mass is 9.93. The molecule has 0 aliphatic carbocycles. The fourth-order valence-electron chi connectivity index (χ4n) is 0.860. The molecular weight excluding hydrogens is 364 g/mol. The molecule has 0 spiro atoms. The van der Waals surface area contributed by atoms with Crippen LogP contribution in [-0.4, -0.2) is 70.4 Å². The summed E-state index contributed by atoms with van der Waals surface area (Å²) in [5.74, 6) is 0. The molecule has 0 unspecified atom stereocenters. The third-order valence-corrected chi connectivity index (χ3v) is 3.12. The van der Waals surface area contributed by atoms with Crippen LogP contribution in [0.25, 0.3) is 0 Å². The summed E-state index contributed by atoms with van der Waals surface area (Å²) in [6.07, 6.45) is 0. The van der Waals surface area contributed by atoms with E-state index in [0.717, 1.165) is 0 Å². The lowest BCUT2D eigenvalue weighted by Gasteiger charge is -2.28. The molecule has 4 N–H and O–H groups in total. The highest BCUT2D eigenvalue weighted by Crippen LogP contribution is 2.21. The molecule has 0 saturated heterocycles. The summed E-state index contributed by atoms with van der Waals surface area (Å²) in [6.45, 7) is -4.72. The van der Waals surface area contributed by atoms with Gasteiger partial charge >= 0.3 is 31.2 Å². The van der Waals surface area contributed by atoms with E-state index in [-0.39, 0.29) is 0 Å². The first-order valence-corrected chi connectivity index (χ1v) is 8.74. The number of hydrogen-bond acceptors (Lipinski definition) is 10. The average Bonchev–Trinajstić information content (AvgIpc) is 2.25. The van der Waals surface area contributed by atoms with Gasteiger partial charge in [0.1, 0.15) is 0 Å². The quantitative estimate of drug-likeness (QED) is 0.289. The second-order valence-corrected chi connectivity index (χ2v) is 7.00. The summed E-state index contributed by atoms with van der Waals surface area (Å²) in [6, 6.07) is 0. The van der Waals surface area contributed by atoms with Gasteiger partial charge in [0.15, 0.2) is 0 Å². The van der Waals surface area contributed by atoms with Crippen molar-refractivity contribution in [1.82, 2.24) is 0 Å². The molecule has 0 fully saturated rings. The summed E-state index contributed by atoms with van der Waals surface area (Å²) >= 11 is 0. The van der Waals surface area contributed by atoms with Crippen LogP contribution in [0.2, 0.25) is 0 Å². The predicted molar refractivity (Wildman–Crippen MR) is 62.0 cm³/mol. The van der Waals surface area contributed by atoms with E-state index < -0.39 is 63.0 Å². The maximum absolute atomic E-state index is 10.4. The maximum Gasteiger partial charge on any atom is 0.397 e. The molecule has 0 aliphatic rings. The van der Waals surface area contributed by atoms with Gasteiger partial charge in [-0.3, -0.25) is 13.7 Å². The van der Waals surface area contributed by atoms with Crippen LogP contribution >= 0.6 is 0 Å². The summed E-state index contributed by atoms with van der Waals surface area (Å²) in [4.78, 5) is 0. The molecule has 21 heavy (non-hydrogen) atoms. The van der Waals surface area contributed by atoms with Crippen molar-refractivity contribution < 1.29 is 56.6 Å². The molecule has 0 radical (unpaired) electrons. The van der Waals surface area contributed by atoms with E-state index >= 15 is 0 Å². The highest BCUT2D eigenvalue weighted by atomic mass is 32.3. The van der Waals surface area contributed by atoms with Crippen molar-refractivity contribution >= 4 is 31.2 Å². The Hall–Kier alpha value is -0.430. The highest BCUT2D eigenvalue weighted by molar-refractivity contribution is 7.81. The Bertz CT molecular complexity index is 539. The minimum Gasteiger partial charge on any atom is -0.396 e. The second-order valence-electron chi connectivity index (χ2n) is 3.73. The fourth-order valence-corrected chi connectivity index (χ4v) is 2.06. The monoisotopic (exact) mass is 376 g/mol. The maximum atomic E-state index is 10.4. The molecule has 0 amide bonds. The van der Waals surface area contributed by atoms with Gasteiger partial charge in [0.25, 0.3) is 0 Å². The zero-order valence-electron chi connectivity index (χ0n) is 10.0. The molecule has 13 nitrogen and oxygen atoms in total. The summed E-state index contributed by atoms with van der Waals surface area (Å²) in [7, 11) is -15.1. The molecule has 0 aliphatic heterocycles. The Morgan fingerprint density at radius 2 is 0.905 bits per heavy atom. The molecule has 0 rings (SSSR count). The third kappa shape index (κ3) is 10.9. The van der Waals surface area contributed by atoms with Crippen molar-refractivity contribution in [3.63, 3.8) is 0 Å². The van der Waals surface area contributed by atoms with Crippen LogP contribution in [-0.2, 0) is 43.7 Å². The molecule has 0 aromatic rings. The van der Waals surface area contributed by atoms with Gasteiger partial charge in [-0.05, 0) is 0 Å². The van der Waals surface area contributed by atoms with Gasteiger partial charge in [-0.15, -0.1) is 0 Å². The van der Waals surface area contributed by atoms with Crippen LogP contribution in [0.3, 0.4) is 0 Å². The minimum absolute atomic E-state index is 1.16. The average molecular weight is 376 g/mol. The topological polar surface area (TPSA) is 211 Å². The van der Waals surface area contributed by atoms with Gasteiger partial charge in [-0.2, -0.15) is 25.3 Å². The number of aliphatic hydroxyl groups excluding tert-OH is 1. The smallest absolute Gasteiger partial charge is 0.396 e. The van der Waals surface area contributed by atoms with Crippen LogP contribution in [0.4, 0.5) is 0 Å². The summed E-state index contributed by atoms with van der Waals surface area (Å²) < 4.78 is 99.4. The van der Waals surface area contributed by atoms with Gasteiger partial charge in [0.2, 0.25) is 0 Å². The predicted octanol–water partition coefficient (Wildman–Crippen LogP) is -2.58. The van der Waals surface area contributed by atoms with Crippen molar-refractivity contribution in [2.75, 3.05) is 26.4 Å². The van der Waals surface area contributed by atoms with Crippen LogP contribution in [0.1, 0.15) is 0 Å². The Balaban J connectivity index is 5.16. The third-order valence-electron chi connectivity index (χ3n) is 1.88. The van der Waals surface area contributed by atoms with Gasteiger partial charge in [-0.25, -0.2) is 12.5 Å². The summed E-state index contributed by atoms with van der Waals surface area (Å²) in [5, 5.41) is 9.10. The molecule has 0 aromatic heterocycles. The molecule has 0 aromatic carbocycles. The van der Waals surface area contributed by atoms with E-state index in [0.29, 0.717) is 0 Å². The minimum atomic E-state index is -5.02. The molecule has 0 heterocycles. The molecular formula is C5H12O13S3. The van der Waals surface area contributed by atoms with E-state index in [1.54, 1.807) is 0 Å². The van der Waals surface area contributed by atoms with Crippen LogP contribution in [0, 0.1) is 5.41 Å². The second kappa shape index (κ2) is 7.22. The van der Waals surface area contributed by atoms with E-state index in [9.17, 15) is 25.3 Å². The normalized spacial score (nSPS) is 14.3. The van der Waals surface area contributed by atoms with Crippen molar-refractivity contribution in [3.05, 3.63) is 0 Å². The highest BCUT2D eigenvalue weighted by Gasteiger charge is 2.36. The van der Waals surface area contributed by atoms with E-state index in [1.807, 2.05) is 0 Å². The van der Waals surface area contributed by atoms with E-state index in [1.165, 1.54) is 0 Å². The van der Waals surface area contributed by atoms with Gasteiger partial charge in [-0.1, -0.05) is 0 Å². The van der Waals surface area contributed by atoms with Crippen molar-refractivity contribution in [1.29, 1.82) is 0 Å². The number of aliphatic hydroxyl groups is 1. The number of hydrogen-bond donors (Lipinski definition) is 4. The standard InChI is InChI=1S/C5H12O13S3/c6-1-5(2-16-19(7,8)9,3-17-20(10,11)12)4-18-21(13,14)15/h6H,1-4H2,(H,7,8,9)(H,10,11,12)(H,13,14,15). The van der Waals surface area contributed by atoms with Crippen LogP contribution in [0.15, 0.2) is 0 Å². The van der Waals surface area contributed by atoms with Gasteiger partial charge in [0, 0.05) is 0 Å². The first-order chi connectivity index (χ1) is 9.18. The van der Waals surface area contributed by atoms with Gasteiger partial charge < -0.3 is 5.11 Å². The largest absolute Gasteiger partial charge is 0.397 e. The molecule has 16 heteroatoms. The van der Waals surface area contributed by atoms with E-state index in [4.69, 9.17) is 18.8 Å². The van der Waals surface area contributed by atoms with Crippen molar-refractivity contribution in [2.24, 2.45) is 5.41 Å². The lowest BCUT2D eigenvalue weighted by molar-refractivity contribution is -0.0133. The fraction of sp³-hybridized carbons (Fsp3) is 1.00. The first-order valence-electron chi connectivity index (χ1n) is 4.64.